The van der Waals surface area contributed by atoms with E-state index >= 15 is 0 Å². The molecular weight excluding hydrogens is 396 g/mol. The predicted octanol–water partition coefficient (Wildman–Crippen LogP) is 2.25. The molecule has 0 spiro atoms. The van der Waals surface area contributed by atoms with Crippen molar-refractivity contribution in [2.45, 2.75) is 17.7 Å². The van der Waals surface area contributed by atoms with Crippen LogP contribution in [-0.4, -0.2) is 37.9 Å². The third-order valence-corrected chi connectivity index (χ3v) is 6.97. The number of nitrogens with zero attached hydrogens (tertiary/aromatic N) is 3. The maximum absolute atomic E-state index is 12.6. The van der Waals surface area contributed by atoms with Crippen molar-refractivity contribution in [3.8, 4) is 10.6 Å². The Labute approximate surface area is 167 Å². The summed E-state index contributed by atoms with van der Waals surface area (Å²) < 4.78 is 27.8. The molecule has 144 valence electrons. The summed E-state index contributed by atoms with van der Waals surface area (Å²) in [4.78, 5) is 22.1. The Bertz CT molecular complexity index is 1130. The number of pyridine rings is 1. The number of hydrogen-bond acceptors (Lipinski definition) is 6. The summed E-state index contributed by atoms with van der Waals surface area (Å²) in [6.45, 7) is 0.245. The Balaban J connectivity index is 1.41. The predicted molar refractivity (Wildman–Crippen MR) is 108 cm³/mol. The van der Waals surface area contributed by atoms with Crippen LogP contribution in [-0.2, 0) is 27.7 Å². The topological polar surface area (TPSA) is 92.3 Å². The summed E-state index contributed by atoms with van der Waals surface area (Å²) in [7, 11) is -1.96. The van der Waals surface area contributed by atoms with Gasteiger partial charge in [-0.3, -0.25) is 9.78 Å². The van der Waals surface area contributed by atoms with Gasteiger partial charge in [0.05, 0.1) is 17.0 Å². The number of nitrogens with one attached hydrogen (secondary N) is 1. The van der Waals surface area contributed by atoms with Crippen LogP contribution in [0, 0.1) is 0 Å². The third kappa shape index (κ3) is 3.68. The molecule has 28 heavy (non-hydrogen) atoms. The molecule has 2 aromatic heterocycles. The van der Waals surface area contributed by atoms with E-state index in [1.807, 2.05) is 17.5 Å². The first-order valence-corrected chi connectivity index (χ1v) is 11.0. The number of amides is 1. The fourth-order valence-corrected chi connectivity index (χ4v) is 4.98. The van der Waals surface area contributed by atoms with Crippen LogP contribution in [0.15, 0.2) is 53.0 Å². The zero-order valence-corrected chi connectivity index (χ0v) is 16.8. The van der Waals surface area contributed by atoms with E-state index in [4.69, 9.17) is 0 Å². The van der Waals surface area contributed by atoms with Crippen LogP contribution in [0.25, 0.3) is 10.6 Å². The lowest BCUT2D eigenvalue weighted by atomic mass is 10.2. The Kier molecular flexibility index (Phi) is 4.96. The Hall–Kier alpha value is -2.62. The van der Waals surface area contributed by atoms with E-state index in [0.717, 1.165) is 27.5 Å². The molecule has 1 aliphatic rings. The van der Waals surface area contributed by atoms with Crippen molar-refractivity contribution in [2.75, 3.05) is 18.5 Å². The molecule has 1 aliphatic heterocycles. The molecule has 3 heterocycles. The van der Waals surface area contributed by atoms with Gasteiger partial charge in [0.15, 0.2) is 0 Å². The van der Waals surface area contributed by atoms with Crippen LogP contribution < -0.4 is 9.62 Å². The Morgan fingerprint density at radius 2 is 2.14 bits per heavy atom. The molecule has 0 saturated carbocycles. The highest BCUT2D eigenvalue weighted by Crippen LogP contribution is 2.29. The standard InChI is InChI=1S/C19H18N4O3S2/c1-23-17-5-4-16(9-14(17)10-18(23)24)28(25,26)21-8-6-15-12-27-19(22-15)13-3-2-7-20-11-13/h2-5,7,9,11-12,21H,6,8,10H2,1H3. The van der Waals surface area contributed by atoms with Gasteiger partial charge in [-0.15, -0.1) is 11.3 Å². The molecule has 0 saturated heterocycles. The van der Waals surface area contributed by atoms with Crippen LogP contribution >= 0.6 is 11.3 Å². The van der Waals surface area contributed by atoms with Crippen molar-refractivity contribution >= 4 is 33.0 Å². The number of carbonyl (C=O) groups excluding carboxylic acids is 1. The lowest BCUT2D eigenvalue weighted by Gasteiger charge is -2.11. The SMILES string of the molecule is CN1C(=O)Cc2cc(S(=O)(=O)NCCc3csc(-c4cccnc4)n3)ccc21. The lowest BCUT2D eigenvalue weighted by molar-refractivity contribution is -0.117. The van der Waals surface area contributed by atoms with Crippen LogP contribution in [0.4, 0.5) is 5.69 Å². The third-order valence-electron chi connectivity index (χ3n) is 4.57. The van der Waals surface area contributed by atoms with Crippen molar-refractivity contribution in [1.82, 2.24) is 14.7 Å². The molecule has 0 atom stereocenters. The highest BCUT2D eigenvalue weighted by Gasteiger charge is 2.26. The first-order valence-electron chi connectivity index (χ1n) is 8.68. The summed E-state index contributed by atoms with van der Waals surface area (Å²) in [5.74, 6) is -0.0366. The zero-order chi connectivity index (χ0) is 19.7. The number of likely N-dealkylation sites (N-methyl/N-ethyl adjacent to an activating group) is 1. The molecule has 1 amide bonds. The molecule has 9 heteroatoms. The van der Waals surface area contributed by atoms with Crippen molar-refractivity contribution in [3.05, 3.63) is 59.4 Å². The summed E-state index contributed by atoms with van der Waals surface area (Å²) in [5.41, 5.74) is 3.26. The van der Waals surface area contributed by atoms with Crippen LogP contribution in [0.1, 0.15) is 11.3 Å². The summed E-state index contributed by atoms with van der Waals surface area (Å²) in [5, 5.41) is 2.78. The van der Waals surface area contributed by atoms with E-state index in [9.17, 15) is 13.2 Å². The first kappa shape index (κ1) is 18.7. The molecule has 7 nitrogen and oxygen atoms in total. The van der Waals surface area contributed by atoms with E-state index in [1.54, 1.807) is 36.5 Å². The molecule has 0 bridgehead atoms. The number of carbonyl (C=O) groups is 1. The maximum atomic E-state index is 12.6. The van der Waals surface area contributed by atoms with E-state index < -0.39 is 10.0 Å². The number of fused-ring (bicyclic) bond motifs is 1. The van der Waals surface area contributed by atoms with Gasteiger partial charge in [-0.2, -0.15) is 0 Å². The van der Waals surface area contributed by atoms with Gasteiger partial charge < -0.3 is 4.90 Å². The van der Waals surface area contributed by atoms with Crippen molar-refractivity contribution in [3.63, 3.8) is 0 Å². The van der Waals surface area contributed by atoms with Gasteiger partial charge in [0.25, 0.3) is 0 Å². The number of anilines is 1. The molecule has 0 aliphatic carbocycles. The van der Waals surface area contributed by atoms with E-state index in [2.05, 4.69) is 14.7 Å². The first-order chi connectivity index (χ1) is 13.4. The molecule has 1 N–H and O–H groups in total. The number of hydrogen-bond donors (Lipinski definition) is 1. The highest BCUT2D eigenvalue weighted by molar-refractivity contribution is 7.89. The molecular formula is C19H18N4O3S2. The normalized spacial score (nSPS) is 13.8. The van der Waals surface area contributed by atoms with Crippen LogP contribution in [0.5, 0.6) is 0 Å². The smallest absolute Gasteiger partial charge is 0.240 e. The highest BCUT2D eigenvalue weighted by atomic mass is 32.2. The average Bonchev–Trinajstić information content (AvgIpc) is 3.27. The number of rotatable bonds is 6. The second kappa shape index (κ2) is 7.42. The van der Waals surface area contributed by atoms with Crippen molar-refractivity contribution in [1.29, 1.82) is 0 Å². The lowest BCUT2D eigenvalue weighted by Crippen LogP contribution is -2.26. The fraction of sp³-hybridized carbons (Fsp3) is 0.211. The molecule has 0 fully saturated rings. The van der Waals surface area contributed by atoms with Gasteiger partial charge >= 0.3 is 0 Å². The van der Waals surface area contributed by atoms with E-state index in [1.165, 1.54) is 17.4 Å². The minimum absolute atomic E-state index is 0.0366. The average molecular weight is 415 g/mol. The Morgan fingerprint density at radius 1 is 1.29 bits per heavy atom. The minimum Gasteiger partial charge on any atom is -0.315 e. The molecule has 0 unspecified atom stereocenters. The minimum atomic E-state index is -3.65. The fourth-order valence-electron chi connectivity index (χ4n) is 3.05. The van der Waals surface area contributed by atoms with Gasteiger partial charge in [0.2, 0.25) is 15.9 Å². The van der Waals surface area contributed by atoms with Gasteiger partial charge in [-0.1, -0.05) is 0 Å². The molecule has 0 radical (unpaired) electrons. The Morgan fingerprint density at radius 3 is 2.93 bits per heavy atom. The molecule has 4 rings (SSSR count). The number of sulfonamides is 1. The molecule has 3 aromatic rings. The van der Waals surface area contributed by atoms with Crippen LogP contribution in [0.2, 0.25) is 0 Å². The second-order valence-electron chi connectivity index (χ2n) is 6.45. The summed E-state index contributed by atoms with van der Waals surface area (Å²) >= 11 is 1.51. The zero-order valence-electron chi connectivity index (χ0n) is 15.1. The van der Waals surface area contributed by atoms with Crippen molar-refractivity contribution in [2.24, 2.45) is 0 Å². The van der Waals surface area contributed by atoms with Crippen molar-refractivity contribution < 1.29 is 13.2 Å². The van der Waals surface area contributed by atoms with Gasteiger partial charge in [-0.05, 0) is 35.9 Å². The monoisotopic (exact) mass is 414 g/mol. The summed E-state index contributed by atoms with van der Waals surface area (Å²) in [6, 6.07) is 8.57. The quantitative estimate of drug-likeness (QED) is 0.668. The summed E-state index contributed by atoms with van der Waals surface area (Å²) in [6.07, 6.45) is 4.17. The van der Waals surface area contributed by atoms with Crippen LogP contribution in [0.3, 0.4) is 0 Å². The van der Waals surface area contributed by atoms with Gasteiger partial charge in [0.1, 0.15) is 5.01 Å². The number of aromatic nitrogens is 2. The van der Waals surface area contributed by atoms with Gasteiger partial charge in [-0.25, -0.2) is 18.1 Å². The number of benzene rings is 1. The molecule has 1 aromatic carbocycles. The van der Waals surface area contributed by atoms with E-state index in [0.29, 0.717) is 6.42 Å². The second-order valence-corrected chi connectivity index (χ2v) is 9.08. The number of thiazole rings is 1. The maximum Gasteiger partial charge on any atom is 0.240 e. The largest absolute Gasteiger partial charge is 0.315 e. The van der Waals surface area contributed by atoms with E-state index in [-0.39, 0.29) is 23.8 Å². The van der Waals surface area contributed by atoms with Gasteiger partial charge in [0, 0.05) is 49.0 Å².